The van der Waals surface area contributed by atoms with Crippen LogP contribution in [0.2, 0.25) is 5.02 Å². The minimum atomic E-state index is -1.12. The van der Waals surface area contributed by atoms with E-state index in [2.05, 4.69) is 22.1 Å². The highest BCUT2D eigenvalue weighted by molar-refractivity contribution is 6.33. The maximum atomic E-state index is 11.0. The molecule has 2 aromatic rings. The summed E-state index contributed by atoms with van der Waals surface area (Å²) in [6, 6.07) is 8.19. The van der Waals surface area contributed by atoms with Crippen molar-refractivity contribution in [3.05, 3.63) is 58.1 Å². The second kappa shape index (κ2) is 4.63. The summed E-state index contributed by atoms with van der Waals surface area (Å²) in [5.41, 5.74) is 2.44. The zero-order chi connectivity index (χ0) is 13.4. The van der Waals surface area contributed by atoms with Crippen molar-refractivity contribution in [3.63, 3.8) is 0 Å². The van der Waals surface area contributed by atoms with Gasteiger partial charge in [0.05, 0.1) is 11.2 Å². The van der Waals surface area contributed by atoms with Crippen molar-refractivity contribution in [3.8, 4) is 0 Å². The van der Waals surface area contributed by atoms with Crippen molar-refractivity contribution >= 4 is 17.6 Å². The van der Waals surface area contributed by atoms with E-state index in [0.717, 1.165) is 12.8 Å². The van der Waals surface area contributed by atoms with E-state index in [4.69, 9.17) is 16.7 Å². The summed E-state index contributed by atoms with van der Waals surface area (Å²) in [5, 5.41) is 9.11. The Morgan fingerprint density at radius 3 is 2.47 bits per heavy atom. The first-order chi connectivity index (χ1) is 9.15. The van der Waals surface area contributed by atoms with Crippen LogP contribution in [-0.4, -0.2) is 21.0 Å². The maximum Gasteiger partial charge on any atom is 0.356 e. The molecule has 0 saturated carbocycles. The molecule has 1 aromatic heterocycles. The van der Waals surface area contributed by atoms with Gasteiger partial charge in [-0.15, -0.1) is 0 Å². The number of nitrogens with zero attached hydrogens (tertiary/aromatic N) is 2. The fraction of sp³-hybridized carbons (Fsp3) is 0.214. The van der Waals surface area contributed by atoms with Gasteiger partial charge >= 0.3 is 5.97 Å². The number of carboxylic acid groups (broad SMARTS) is 1. The first-order valence-electron chi connectivity index (χ1n) is 5.97. The highest BCUT2D eigenvalue weighted by Gasteiger charge is 2.26. The van der Waals surface area contributed by atoms with Gasteiger partial charge in [0, 0.05) is 5.92 Å². The number of carboxylic acids is 1. The molecule has 1 heterocycles. The Labute approximate surface area is 115 Å². The fourth-order valence-corrected chi connectivity index (χ4v) is 2.64. The van der Waals surface area contributed by atoms with E-state index in [9.17, 15) is 4.79 Å². The molecule has 0 aliphatic heterocycles. The molecule has 19 heavy (non-hydrogen) atoms. The van der Waals surface area contributed by atoms with Gasteiger partial charge in [-0.3, -0.25) is 0 Å². The molecule has 3 rings (SSSR count). The molecule has 1 N–H and O–H groups in total. The summed E-state index contributed by atoms with van der Waals surface area (Å²) in [5.74, 6) is -0.435. The molecule has 0 saturated heterocycles. The van der Waals surface area contributed by atoms with E-state index < -0.39 is 5.97 Å². The molecule has 1 aliphatic carbocycles. The second-order valence-electron chi connectivity index (χ2n) is 4.60. The lowest BCUT2D eigenvalue weighted by Crippen LogP contribution is -2.10. The minimum absolute atomic E-state index is 0.0757. The van der Waals surface area contributed by atoms with Crippen LogP contribution < -0.4 is 0 Å². The Hall–Kier alpha value is -1.94. The van der Waals surface area contributed by atoms with E-state index in [1.807, 2.05) is 12.1 Å². The third-order valence-corrected chi connectivity index (χ3v) is 3.66. The average molecular weight is 275 g/mol. The summed E-state index contributed by atoms with van der Waals surface area (Å²) in [6.45, 7) is 0. The summed E-state index contributed by atoms with van der Waals surface area (Å²) in [7, 11) is 0. The van der Waals surface area contributed by atoms with Gasteiger partial charge in [-0.2, -0.15) is 0 Å². The molecule has 0 spiro atoms. The molecule has 0 radical (unpaired) electrons. The molecular formula is C14H11ClN2O2. The fourth-order valence-electron chi connectivity index (χ4n) is 2.47. The lowest BCUT2D eigenvalue weighted by molar-refractivity contribution is 0.0690. The number of aromatic carboxylic acids is 1. The van der Waals surface area contributed by atoms with Crippen molar-refractivity contribution in [2.45, 2.75) is 18.8 Å². The van der Waals surface area contributed by atoms with Crippen molar-refractivity contribution in [1.82, 2.24) is 9.97 Å². The zero-order valence-corrected chi connectivity index (χ0v) is 10.8. The number of benzene rings is 1. The normalized spacial score (nSPS) is 14.4. The van der Waals surface area contributed by atoms with Crippen LogP contribution in [0, 0.1) is 0 Å². The maximum absolute atomic E-state index is 11.0. The van der Waals surface area contributed by atoms with Gasteiger partial charge in [-0.25, -0.2) is 14.8 Å². The van der Waals surface area contributed by atoms with Gasteiger partial charge in [-0.05, 0) is 24.0 Å². The summed E-state index contributed by atoms with van der Waals surface area (Å²) < 4.78 is 0. The van der Waals surface area contributed by atoms with Crippen molar-refractivity contribution in [2.75, 3.05) is 0 Å². The highest BCUT2D eigenvalue weighted by Crippen LogP contribution is 2.32. The highest BCUT2D eigenvalue weighted by atomic mass is 35.5. The average Bonchev–Trinajstić information content (AvgIpc) is 2.82. The molecule has 0 bridgehead atoms. The molecule has 1 aliphatic rings. The number of carbonyl (C=O) groups is 1. The van der Waals surface area contributed by atoms with E-state index >= 15 is 0 Å². The standard InChI is InChI=1S/C14H11ClN2O2/c15-11-7-16-13(17-12(11)14(18)19)10-5-8-3-1-2-4-9(8)6-10/h1-4,7,10H,5-6H2,(H,18,19). The molecule has 5 heteroatoms. The lowest BCUT2D eigenvalue weighted by Gasteiger charge is -2.08. The van der Waals surface area contributed by atoms with Gasteiger partial charge < -0.3 is 5.11 Å². The van der Waals surface area contributed by atoms with Crippen molar-refractivity contribution in [2.24, 2.45) is 0 Å². The third kappa shape index (κ3) is 2.19. The first kappa shape index (κ1) is 12.1. The minimum Gasteiger partial charge on any atom is -0.476 e. The van der Waals surface area contributed by atoms with Crippen LogP contribution in [0.1, 0.15) is 33.4 Å². The van der Waals surface area contributed by atoms with Crippen molar-refractivity contribution in [1.29, 1.82) is 0 Å². The topological polar surface area (TPSA) is 63.1 Å². The first-order valence-corrected chi connectivity index (χ1v) is 6.35. The van der Waals surface area contributed by atoms with Crippen LogP contribution >= 0.6 is 11.6 Å². The van der Waals surface area contributed by atoms with Crippen LogP contribution in [0.25, 0.3) is 0 Å². The number of rotatable bonds is 2. The molecule has 0 unspecified atom stereocenters. The van der Waals surface area contributed by atoms with Gasteiger partial charge in [0.25, 0.3) is 0 Å². The van der Waals surface area contributed by atoms with Gasteiger partial charge in [0.2, 0.25) is 0 Å². The van der Waals surface area contributed by atoms with E-state index in [0.29, 0.717) is 5.82 Å². The van der Waals surface area contributed by atoms with Crippen LogP contribution in [0.15, 0.2) is 30.5 Å². The number of halogens is 1. The Balaban J connectivity index is 1.93. The van der Waals surface area contributed by atoms with Gasteiger partial charge in [0.15, 0.2) is 5.69 Å². The van der Waals surface area contributed by atoms with Gasteiger partial charge in [0.1, 0.15) is 5.82 Å². The number of hydrogen-bond donors (Lipinski definition) is 1. The van der Waals surface area contributed by atoms with E-state index in [1.165, 1.54) is 17.3 Å². The molecule has 4 nitrogen and oxygen atoms in total. The predicted octanol–water partition coefficient (Wildman–Crippen LogP) is 2.71. The number of hydrogen-bond acceptors (Lipinski definition) is 3. The Morgan fingerprint density at radius 1 is 1.26 bits per heavy atom. The predicted molar refractivity (Wildman–Crippen MR) is 70.6 cm³/mol. The number of aromatic nitrogens is 2. The van der Waals surface area contributed by atoms with E-state index in [-0.39, 0.29) is 16.6 Å². The van der Waals surface area contributed by atoms with Crippen LogP contribution in [0.5, 0.6) is 0 Å². The van der Waals surface area contributed by atoms with Crippen LogP contribution in [0.3, 0.4) is 0 Å². The van der Waals surface area contributed by atoms with Crippen molar-refractivity contribution < 1.29 is 9.90 Å². The summed E-state index contributed by atoms with van der Waals surface area (Å²) in [4.78, 5) is 19.3. The Morgan fingerprint density at radius 2 is 1.89 bits per heavy atom. The van der Waals surface area contributed by atoms with E-state index in [1.54, 1.807) is 0 Å². The number of fused-ring (bicyclic) bond motifs is 1. The molecule has 0 atom stereocenters. The van der Waals surface area contributed by atoms with Crippen LogP contribution in [0.4, 0.5) is 0 Å². The molecule has 1 aromatic carbocycles. The molecule has 0 fully saturated rings. The smallest absolute Gasteiger partial charge is 0.356 e. The zero-order valence-electron chi connectivity index (χ0n) is 10.0. The molecule has 0 amide bonds. The monoisotopic (exact) mass is 274 g/mol. The Bertz CT molecular complexity index is 633. The largest absolute Gasteiger partial charge is 0.476 e. The lowest BCUT2D eigenvalue weighted by atomic mass is 10.1. The van der Waals surface area contributed by atoms with Crippen LogP contribution in [-0.2, 0) is 12.8 Å². The Kier molecular flexibility index (Phi) is 2.95. The third-order valence-electron chi connectivity index (χ3n) is 3.38. The molecule has 96 valence electrons. The van der Waals surface area contributed by atoms with Gasteiger partial charge in [-0.1, -0.05) is 35.9 Å². The quantitative estimate of drug-likeness (QED) is 0.914. The second-order valence-corrected chi connectivity index (χ2v) is 5.01. The summed E-state index contributed by atoms with van der Waals surface area (Å²) >= 11 is 5.78. The molecular weight excluding hydrogens is 264 g/mol. The SMILES string of the molecule is O=C(O)c1nc(C2Cc3ccccc3C2)ncc1Cl. The summed E-state index contributed by atoms with van der Waals surface area (Å²) in [6.07, 6.45) is 3.06.